The van der Waals surface area contributed by atoms with Gasteiger partial charge in [-0.05, 0) is 79.1 Å². The Morgan fingerprint density at radius 3 is 2.55 bits per heavy atom. The van der Waals surface area contributed by atoms with Crippen molar-refractivity contribution < 1.29 is 9.53 Å². The van der Waals surface area contributed by atoms with Gasteiger partial charge in [0.25, 0.3) is 0 Å². The maximum absolute atomic E-state index is 13.8. The van der Waals surface area contributed by atoms with Crippen LogP contribution in [0.2, 0.25) is 0 Å². The number of carbonyl (C=O) groups excluding carboxylic acids is 1. The van der Waals surface area contributed by atoms with Crippen LogP contribution in [0, 0.1) is 6.92 Å². The van der Waals surface area contributed by atoms with Crippen LogP contribution >= 0.6 is 0 Å². The van der Waals surface area contributed by atoms with Gasteiger partial charge in [0.15, 0.2) is 0 Å². The first-order valence-electron chi connectivity index (χ1n) is 14.0. The number of nitrogens with zero attached hydrogens (tertiary/aromatic N) is 2. The first-order valence-corrected chi connectivity index (χ1v) is 14.0. The van der Waals surface area contributed by atoms with E-state index in [1.807, 2.05) is 29.2 Å². The summed E-state index contributed by atoms with van der Waals surface area (Å²) in [5, 5.41) is 2.88. The molecule has 2 heterocycles. The summed E-state index contributed by atoms with van der Waals surface area (Å²) in [6, 6.07) is 22.9. The van der Waals surface area contributed by atoms with Crippen LogP contribution in [0.3, 0.4) is 0 Å². The van der Waals surface area contributed by atoms with Gasteiger partial charge in [-0.15, -0.1) is 0 Å². The Balaban J connectivity index is 1.40. The number of hydrazine groups is 1. The molecule has 1 amide bonds. The van der Waals surface area contributed by atoms with Gasteiger partial charge in [0.2, 0.25) is 5.91 Å². The Labute approximate surface area is 236 Å². The van der Waals surface area contributed by atoms with Crippen molar-refractivity contribution >= 4 is 16.8 Å². The van der Waals surface area contributed by atoms with E-state index < -0.39 is 0 Å². The number of amides is 1. The van der Waals surface area contributed by atoms with Gasteiger partial charge in [0.05, 0.1) is 19.6 Å². The average Bonchev–Trinajstić information content (AvgIpc) is 3.33. The molecule has 0 bridgehead atoms. The molecule has 0 fully saturated rings. The second-order valence-corrected chi connectivity index (χ2v) is 10.6. The number of carbonyl (C=O) groups is 1. The van der Waals surface area contributed by atoms with Gasteiger partial charge in [0.1, 0.15) is 5.75 Å². The molecule has 0 aliphatic carbocycles. The van der Waals surface area contributed by atoms with Crippen molar-refractivity contribution in [3.8, 4) is 5.75 Å². The Morgan fingerprint density at radius 2 is 1.82 bits per heavy atom. The highest BCUT2D eigenvalue weighted by Gasteiger charge is 2.34. The maximum atomic E-state index is 13.8. The maximum Gasteiger partial charge on any atom is 0.227 e. The highest BCUT2D eigenvalue weighted by Crippen LogP contribution is 2.39. The monoisotopic (exact) mass is 537 g/mol. The molecule has 208 valence electrons. The van der Waals surface area contributed by atoms with Crippen molar-refractivity contribution in [1.82, 2.24) is 14.9 Å². The average molecular weight is 538 g/mol. The number of aromatic amines is 1. The molecule has 40 heavy (non-hydrogen) atoms. The fourth-order valence-corrected chi connectivity index (χ4v) is 5.71. The van der Waals surface area contributed by atoms with Crippen LogP contribution in [0.25, 0.3) is 10.9 Å². The minimum atomic E-state index is -0.162. The summed E-state index contributed by atoms with van der Waals surface area (Å²) in [7, 11) is 1.65. The molecule has 5 N–H and O–H groups in total. The Bertz CT molecular complexity index is 1470. The van der Waals surface area contributed by atoms with Gasteiger partial charge in [-0.3, -0.25) is 4.79 Å². The third-order valence-corrected chi connectivity index (χ3v) is 7.82. The molecule has 0 radical (unpaired) electrons. The molecule has 1 aliphatic heterocycles. The van der Waals surface area contributed by atoms with Crippen LogP contribution in [0.15, 0.2) is 79.1 Å². The lowest BCUT2D eigenvalue weighted by molar-refractivity contribution is -0.132. The van der Waals surface area contributed by atoms with Gasteiger partial charge in [-0.25, -0.2) is 5.84 Å². The third-order valence-electron chi connectivity index (χ3n) is 7.82. The van der Waals surface area contributed by atoms with Gasteiger partial charge >= 0.3 is 0 Å². The summed E-state index contributed by atoms with van der Waals surface area (Å²) >= 11 is 0. The van der Waals surface area contributed by atoms with E-state index in [2.05, 4.69) is 54.4 Å². The first kappa shape index (κ1) is 27.3. The minimum absolute atomic E-state index is 0.123. The van der Waals surface area contributed by atoms with E-state index in [0.29, 0.717) is 13.0 Å². The lowest BCUT2D eigenvalue weighted by Crippen LogP contribution is -2.41. The van der Waals surface area contributed by atoms with Crippen LogP contribution in [0.1, 0.15) is 52.4 Å². The van der Waals surface area contributed by atoms with Crippen molar-refractivity contribution in [2.75, 3.05) is 20.2 Å². The molecule has 4 aromatic rings. The topological polar surface area (TPSA) is 101 Å². The first-order chi connectivity index (χ1) is 19.5. The zero-order valence-electron chi connectivity index (χ0n) is 23.4. The standard InChI is InChI=1S/C33H39N5O2/c1-23-6-15-30-29(21-23)28-16-19-38(31(39)22-25-9-13-27(40-2)14-10-25)33(32(28)36-30)26-11-7-24(8-12-26)5-3-4-18-37(35)20-17-34/h6-15,17,20-21,33,36H,3-5,16,18-19,22,34-35H2,1-2H3/b20-17-. The Morgan fingerprint density at radius 1 is 1.07 bits per heavy atom. The van der Waals surface area contributed by atoms with E-state index in [1.54, 1.807) is 18.3 Å². The lowest BCUT2D eigenvalue weighted by Gasteiger charge is -2.36. The molecule has 1 atom stereocenters. The number of benzene rings is 3. The molecule has 0 spiro atoms. The second-order valence-electron chi connectivity index (χ2n) is 10.6. The summed E-state index contributed by atoms with van der Waals surface area (Å²) in [6.45, 7) is 3.58. The molecule has 7 heteroatoms. The normalized spacial score (nSPS) is 15.0. The highest BCUT2D eigenvalue weighted by molar-refractivity contribution is 5.87. The number of hydrogen-bond donors (Lipinski definition) is 3. The predicted octanol–water partition coefficient (Wildman–Crippen LogP) is 5.13. The van der Waals surface area contributed by atoms with E-state index in [0.717, 1.165) is 60.3 Å². The van der Waals surface area contributed by atoms with Crippen molar-refractivity contribution in [3.05, 3.63) is 113 Å². The van der Waals surface area contributed by atoms with E-state index in [1.165, 1.54) is 28.3 Å². The summed E-state index contributed by atoms with van der Waals surface area (Å²) < 4.78 is 5.29. The van der Waals surface area contributed by atoms with Crippen LogP contribution < -0.4 is 16.3 Å². The molecule has 3 aromatic carbocycles. The molecular formula is C33H39N5O2. The fourth-order valence-electron chi connectivity index (χ4n) is 5.71. The third kappa shape index (κ3) is 6.00. The number of ether oxygens (including phenoxy) is 1. The number of hydrogen-bond acceptors (Lipinski definition) is 5. The largest absolute Gasteiger partial charge is 0.497 e. The molecule has 1 aliphatic rings. The van der Waals surface area contributed by atoms with Crippen molar-refractivity contribution in [2.45, 2.75) is 45.1 Å². The molecule has 1 unspecified atom stereocenters. The summed E-state index contributed by atoms with van der Waals surface area (Å²) in [5.41, 5.74) is 13.6. The quantitative estimate of drug-likeness (QED) is 0.148. The van der Waals surface area contributed by atoms with Crippen LogP contribution in [-0.2, 0) is 24.1 Å². The summed E-state index contributed by atoms with van der Waals surface area (Å²) in [4.78, 5) is 19.5. The van der Waals surface area contributed by atoms with Gasteiger partial charge < -0.3 is 25.4 Å². The highest BCUT2D eigenvalue weighted by atomic mass is 16.5. The number of unbranched alkanes of at least 4 members (excludes halogenated alkanes) is 1. The minimum Gasteiger partial charge on any atom is -0.497 e. The number of methoxy groups -OCH3 is 1. The van der Waals surface area contributed by atoms with Crippen molar-refractivity contribution in [3.63, 3.8) is 0 Å². The SMILES string of the molecule is COc1ccc(CC(=O)N2CCc3c([nH]c4ccc(C)cc34)C2c2ccc(CCCCN(N)/C=C\N)cc2)cc1. The number of rotatable bonds is 10. The second kappa shape index (κ2) is 12.3. The fraction of sp³-hybridized carbons (Fsp3) is 0.303. The van der Waals surface area contributed by atoms with E-state index in [-0.39, 0.29) is 11.9 Å². The number of H-pyrrole nitrogens is 1. The number of aromatic nitrogens is 1. The van der Waals surface area contributed by atoms with Gasteiger partial charge in [0, 0.05) is 42.1 Å². The summed E-state index contributed by atoms with van der Waals surface area (Å²) in [6.07, 6.45) is 7.31. The Kier molecular flexibility index (Phi) is 8.41. The van der Waals surface area contributed by atoms with Crippen LogP contribution in [-0.4, -0.2) is 41.0 Å². The van der Waals surface area contributed by atoms with Crippen LogP contribution in [0.5, 0.6) is 5.75 Å². The van der Waals surface area contributed by atoms with E-state index in [9.17, 15) is 4.79 Å². The molecule has 0 saturated heterocycles. The van der Waals surface area contributed by atoms with E-state index >= 15 is 0 Å². The lowest BCUT2D eigenvalue weighted by atomic mass is 9.91. The predicted molar refractivity (Wildman–Crippen MR) is 161 cm³/mol. The summed E-state index contributed by atoms with van der Waals surface area (Å²) in [5.74, 6) is 6.78. The molecule has 0 saturated carbocycles. The number of nitrogens with one attached hydrogen (secondary N) is 1. The van der Waals surface area contributed by atoms with Crippen LogP contribution in [0.4, 0.5) is 0 Å². The number of aryl methyl sites for hydroxylation is 2. The molecule has 7 nitrogen and oxygen atoms in total. The van der Waals surface area contributed by atoms with Crippen molar-refractivity contribution in [1.29, 1.82) is 0 Å². The smallest absolute Gasteiger partial charge is 0.227 e. The van der Waals surface area contributed by atoms with Crippen molar-refractivity contribution in [2.24, 2.45) is 11.6 Å². The number of fused-ring (bicyclic) bond motifs is 3. The molecular weight excluding hydrogens is 498 g/mol. The van der Waals surface area contributed by atoms with Gasteiger partial charge in [-0.2, -0.15) is 0 Å². The molecule has 5 rings (SSSR count). The van der Waals surface area contributed by atoms with E-state index in [4.69, 9.17) is 16.3 Å². The molecule has 1 aromatic heterocycles. The Hall–Kier alpha value is -4.23. The number of nitrogens with two attached hydrogens (primary N) is 2. The zero-order valence-corrected chi connectivity index (χ0v) is 23.4. The zero-order chi connectivity index (χ0) is 28.1. The van der Waals surface area contributed by atoms with Gasteiger partial charge in [-0.1, -0.05) is 48.0 Å².